The molecule has 5 rings (SSSR count). The van der Waals surface area contributed by atoms with E-state index in [1.165, 1.54) is 73.7 Å². The summed E-state index contributed by atoms with van der Waals surface area (Å²) < 4.78 is 34.6. The molecule has 292 valence electrons. The SMILES string of the molecule is CC1O[C@@H](OC2[C@H](OC(=O)Cc3ccc(O)cc3)C(COC(=O)/C=C/c3ccc(O)c(O)c3)O[C@@H](OCCc3ccc(O)c(O)c3)[C@H]2O)[C@@H](O)C(O)[C@@H]1O. The lowest BCUT2D eigenvalue weighted by molar-refractivity contribution is -0.357. The molecular weight excluding hydrogens is 716 g/mol. The molecule has 0 amide bonds. The Morgan fingerprint density at radius 2 is 1.39 bits per heavy atom. The van der Waals surface area contributed by atoms with Crippen molar-refractivity contribution in [1.82, 2.24) is 0 Å². The number of hydrogen-bond acceptors (Lipinski definition) is 17. The summed E-state index contributed by atoms with van der Waals surface area (Å²) in [6.07, 6.45) is -13.6. The monoisotopic (exact) mass is 758 g/mol. The summed E-state index contributed by atoms with van der Waals surface area (Å²) in [6.45, 7) is 0.655. The molecule has 54 heavy (non-hydrogen) atoms. The molecule has 10 atom stereocenters. The summed E-state index contributed by atoms with van der Waals surface area (Å²) >= 11 is 0. The van der Waals surface area contributed by atoms with Gasteiger partial charge in [-0.3, -0.25) is 4.79 Å². The van der Waals surface area contributed by atoms with Gasteiger partial charge in [-0.25, -0.2) is 4.79 Å². The lowest BCUT2D eigenvalue weighted by Gasteiger charge is -2.46. The maximum atomic E-state index is 13.3. The largest absolute Gasteiger partial charge is 0.508 e. The summed E-state index contributed by atoms with van der Waals surface area (Å²) in [6, 6.07) is 13.7. The van der Waals surface area contributed by atoms with Crippen molar-refractivity contribution in [1.29, 1.82) is 0 Å². The van der Waals surface area contributed by atoms with Crippen LogP contribution in [0.2, 0.25) is 0 Å². The fourth-order valence-electron chi connectivity index (χ4n) is 5.76. The minimum Gasteiger partial charge on any atom is -0.508 e. The zero-order valence-electron chi connectivity index (χ0n) is 28.8. The second-order valence-electron chi connectivity index (χ2n) is 12.8. The standard InChI is InChI=1S/C37H42O17/c1-18-30(45)31(46)32(47)37(51-18)54-35-33(48)36(49-13-12-21-5-10-24(40)26(42)15-21)52-27(34(35)53-29(44)16-20-2-7-22(38)8-3-20)17-50-28(43)11-6-19-4-9-23(39)25(41)14-19/h2-11,14-15,18,27,30-42,45-48H,12-13,16-17H2,1H3/b11-6+/t18?,27?,30-,31?,32+,33+,34-,35?,36-,37+/m1/s1. The number of aromatic hydroxyl groups is 5. The van der Waals surface area contributed by atoms with Crippen LogP contribution in [-0.4, -0.2) is 133 Å². The van der Waals surface area contributed by atoms with E-state index in [4.69, 9.17) is 28.4 Å². The van der Waals surface area contributed by atoms with Gasteiger partial charge in [0.15, 0.2) is 41.7 Å². The fourth-order valence-corrected chi connectivity index (χ4v) is 5.76. The van der Waals surface area contributed by atoms with Gasteiger partial charge >= 0.3 is 11.9 Å². The lowest BCUT2D eigenvalue weighted by Crippen LogP contribution is -2.65. The number of carbonyl (C=O) groups is 2. The lowest BCUT2D eigenvalue weighted by atomic mass is 9.96. The zero-order chi connectivity index (χ0) is 39.1. The van der Waals surface area contributed by atoms with Crippen LogP contribution >= 0.6 is 0 Å². The topological polar surface area (TPSA) is 272 Å². The Kier molecular flexibility index (Phi) is 13.3. The van der Waals surface area contributed by atoms with Gasteiger partial charge in [-0.1, -0.05) is 24.3 Å². The third kappa shape index (κ3) is 10.2. The van der Waals surface area contributed by atoms with E-state index in [1.54, 1.807) is 0 Å². The van der Waals surface area contributed by atoms with Crippen LogP contribution < -0.4 is 0 Å². The first kappa shape index (κ1) is 40.2. The third-order valence-electron chi connectivity index (χ3n) is 8.78. The van der Waals surface area contributed by atoms with E-state index in [0.717, 1.165) is 6.08 Å². The van der Waals surface area contributed by atoms with Gasteiger partial charge in [0.2, 0.25) is 0 Å². The molecule has 4 unspecified atom stereocenters. The van der Waals surface area contributed by atoms with E-state index < -0.39 is 85.7 Å². The van der Waals surface area contributed by atoms with E-state index >= 15 is 0 Å². The van der Waals surface area contributed by atoms with Crippen molar-refractivity contribution >= 4 is 18.0 Å². The molecule has 3 aromatic rings. The van der Waals surface area contributed by atoms with Crippen molar-refractivity contribution in [2.45, 2.75) is 81.2 Å². The third-order valence-corrected chi connectivity index (χ3v) is 8.78. The smallest absolute Gasteiger partial charge is 0.330 e. The van der Waals surface area contributed by atoms with Gasteiger partial charge in [0.1, 0.15) is 49.0 Å². The second kappa shape index (κ2) is 17.9. The van der Waals surface area contributed by atoms with Crippen LogP contribution in [0, 0.1) is 0 Å². The molecule has 2 heterocycles. The van der Waals surface area contributed by atoms with Gasteiger partial charge in [0, 0.05) is 6.08 Å². The van der Waals surface area contributed by atoms with E-state index in [2.05, 4.69) is 0 Å². The Hall–Kier alpha value is -4.98. The highest BCUT2D eigenvalue weighted by atomic mass is 16.7. The molecule has 0 aliphatic carbocycles. The molecule has 0 aromatic heterocycles. The minimum absolute atomic E-state index is 0.0386. The molecular formula is C37H42O17. The van der Waals surface area contributed by atoms with E-state index in [9.17, 15) is 55.5 Å². The van der Waals surface area contributed by atoms with Gasteiger partial charge in [0.25, 0.3) is 0 Å². The van der Waals surface area contributed by atoms with Crippen molar-refractivity contribution in [3.05, 3.63) is 83.4 Å². The minimum atomic E-state index is -1.83. The number of carbonyl (C=O) groups excluding carboxylic acids is 2. The second-order valence-corrected chi connectivity index (χ2v) is 12.8. The molecule has 2 saturated heterocycles. The van der Waals surface area contributed by atoms with Crippen molar-refractivity contribution < 1.29 is 84.0 Å². The zero-order valence-corrected chi connectivity index (χ0v) is 28.8. The Bertz CT molecular complexity index is 1760. The average Bonchev–Trinajstić information content (AvgIpc) is 3.14. The molecule has 2 aliphatic rings. The molecule has 0 radical (unpaired) electrons. The number of hydrogen-bond donors (Lipinski definition) is 9. The number of aliphatic hydroxyl groups excluding tert-OH is 4. The number of benzene rings is 3. The van der Waals surface area contributed by atoms with Crippen LogP contribution in [0.25, 0.3) is 6.08 Å². The van der Waals surface area contributed by atoms with Crippen LogP contribution in [0.1, 0.15) is 23.6 Å². The van der Waals surface area contributed by atoms with Crippen LogP contribution in [-0.2, 0) is 50.9 Å². The summed E-state index contributed by atoms with van der Waals surface area (Å²) in [7, 11) is 0. The Balaban J connectivity index is 1.40. The first-order chi connectivity index (χ1) is 25.7. The fraction of sp³-hybridized carbons (Fsp3) is 0.405. The first-order valence-corrected chi connectivity index (χ1v) is 16.9. The van der Waals surface area contributed by atoms with Crippen molar-refractivity contribution in [2.24, 2.45) is 0 Å². The van der Waals surface area contributed by atoms with Crippen LogP contribution in [0.4, 0.5) is 0 Å². The van der Waals surface area contributed by atoms with Crippen LogP contribution in [0.5, 0.6) is 28.7 Å². The van der Waals surface area contributed by atoms with Gasteiger partial charge in [-0.15, -0.1) is 0 Å². The average molecular weight is 759 g/mol. The summed E-state index contributed by atoms with van der Waals surface area (Å²) in [5.41, 5.74) is 1.33. The maximum Gasteiger partial charge on any atom is 0.330 e. The van der Waals surface area contributed by atoms with Gasteiger partial charge in [-0.05, 0) is 72.5 Å². The number of ether oxygens (including phenoxy) is 6. The Labute approximate surface area is 308 Å². The van der Waals surface area contributed by atoms with Crippen molar-refractivity contribution in [2.75, 3.05) is 13.2 Å². The van der Waals surface area contributed by atoms with Crippen LogP contribution in [0.15, 0.2) is 66.7 Å². The van der Waals surface area contributed by atoms with Gasteiger partial charge in [0.05, 0.1) is 19.1 Å². The number of esters is 2. The number of rotatable bonds is 13. The Morgan fingerprint density at radius 1 is 0.722 bits per heavy atom. The number of phenolic OH excluding ortho intramolecular Hbond substituents is 5. The van der Waals surface area contributed by atoms with Crippen molar-refractivity contribution in [3.63, 3.8) is 0 Å². The first-order valence-electron chi connectivity index (χ1n) is 16.9. The number of phenols is 5. The van der Waals surface area contributed by atoms with Gasteiger partial charge < -0.3 is 74.4 Å². The molecule has 2 fully saturated rings. The molecule has 9 N–H and O–H groups in total. The molecule has 0 spiro atoms. The highest BCUT2D eigenvalue weighted by Gasteiger charge is 2.52. The number of aliphatic hydroxyl groups is 4. The predicted octanol–water partition coefficient (Wildman–Crippen LogP) is 0.483. The summed E-state index contributed by atoms with van der Waals surface area (Å²) in [5, 5.41) is 91.5. The normalized spacial score (nSPS) is 28.5. The highest BCUT2D eigenvalue weighted by Crippen LogP contribution is 2.32. The van der Waals surface area contributed by atoms with Gasteiger partial charge in [-0.2, -0.15) is 0 Å². The van der Waals surface area contributed by atoms with E-state index in [1.807, 2.05) is 0 Å². The molecule has 3 aromatic carbocycles. The molecule has 17 nitrogen and oxygen atoms in total. The van der Waals surface area contributed by atoms with E-state index in [-0.39, 0.29) is 42.4 Å². The summed E-state index contributed by atoms with van der Waals surface area (Å²) in [4.78, 5) is 26.1. The molecule has 0 saturated carbocycles. The quantitative estimate of drug-likeness (QED) is 0.0652. The van der Waals surface area contributed by atoms with Crippen LogP contribution in [0.3, 0.4) is 0 Å². The maximum absolute atomic E-state index is 13.3. The van der Waals surface area contributed by atoms with Crippen molar-refractivity contribution in [3.8, 4) is 28.7 Å². The van der Waals surface area contributed by atoms with E-state index in [0.29, 0.717) is 16.7 Å². The molecule has 2 aliphatic heterocycles. The highest BCUT2D eigenvalue weighted by molar-refractivity contribution is 5.87. The molecule has 0 bridgehead atoms. The Morgan fingerprint density at radius 3 is 2.07 bits per heavy atom. The molecule has 17 heteroatoms. The predicted molar refractivity (Wildman–Crippen MR) is 183 cm³/mol. The summed E-state index contributed by atoms with van der Waals surface area (Å²) in [5.74, 6) is -3.28.